The molecule has 1 aliphatic heterocycles. The van der Waals surface area contributed by atoms with Crippen molar-refractivity contribution in [2.45, 2.75) is 13.5 Å². The molecule has 3 aromatic carbocycles. The first-order valence-electron chi connectivity index (χ1n) is 11.2. The van der Waals surface area contributed by atoms with Gasteiger partial charge in [0.1, 0.15) is 18.0 Å². The number of amides is 4. The van der Waals surface area contributed by atoms with Gasteiger partial charge in [-0.25, -0.2) is 14.1 Å². The van der Waals surface area contributed by atoms with Gasteiger partial charge in [0.2, 0.25) is 0 Å². The summed E-state index contributed by atoms with van der Waals surface area (Å²) in [5.41, 5.74) is 0.432. The lowest BCUT2D eigenvalue weighted by Crippen LogP contribution is -2.54. The maximum atomic E-state index is 13.2. The van der Waals surface area contributed by atoms with Crippen LogP contribution in [0, 0.1) is 15.9 Å². The van der Waals surface area contributed by atoms with Gasteiger partial charge in [0.15, 0.2) is 11.5 Å². The number of anilines is 1. The van der Waals surface area contributed by atoms with Crippen molar-refractivity contribution in [2.24, 2.45) is 0 Å². The molecule has 194 valence electrons. The Morgan fingerprint density at radius 1 is 1.05 bits per heavy atom. The summed E-state index contributed by atoms with van der Waals surface area (Å²) in [7, 11) is 0. The zero-order valence-electron chi connectivity index (χ0n) is 19.8. The van der Waals surface area contributed by atoms with Gasteiger partial charge in [0.25, 0.3) is 17.5 Å². The fourth-order valence-electron chi connectivity index (χ4n) is 3.59. The predicted octanol–water partition coefficient (Wildman–Crippen LogP) is 5.03. The van der Waals surface area contributed by atoms with E-state index in [1.54, 1.807) is 19.1 Å². The summed E-state index contributed by atoms with van der Waals surface area (Å²) in [5.74, 6) is -1.79. The molecule has 3 aromatic rings. The molecular formula is C26H19ClFN3O7. The van der Waals surface area contributed by atoms with E-state index in [2.05, 4.69) is 5.32 Å². The number of halogens is 2. The number of nitrogens with zero attached hydrogens (tertiary/aromatic N) is 2. The minimum Gasteiger partial charge on any atom is -0.490 e. The number of imide groups is 2. The zero-order chi connectivity index (χ0) is 27.4. The first kappa shape index (κ1) is 26.3. The van der Waals surface area contributed by atoms with Crippen LogP contribution in [0.15, 0.2) is 66.2 Å². The number of benzene rings is 3. The van der Waals surface area contributed by atoms with Crippen molar-refractivity contribution < 1.29 is 33.2 Å². The highest BCUT2D eigenvalue weighted by molar-refractivity contribution is 6.39. The van der Waals surface area contributed by atoms with Crippen LogP contribution in [0.2, 0.25) is 5.02 Å². The lowest BCUT2D eigenvalue weighted by molar-refractivity contribution is -0.384. The van der Waals surface area contributed by atoms with Gasteiger partial charge < -0.3 is 9.47 Å². The number of barbiturate groups is 1. The molecule has 38 heavy (non-hydrogen) atoms. The van der Waals surface area contributed by atoms with Crippen molar-refractivity contribution in [3.05, 3.63) is 98.3 Å². The minimum absolute atomic E-state index is 0.0362. The highest BCUT2D eigenvalue weighted by atomic mass is 35.5. The molecule has 4 rings (SSSR count). The molecule has 0 atom stereocenters. The third-order valence-corrected chi connectivity index (χ3v) is 5.64. The van der Waals surface area contributed by atoms with E-state index in [4.69, 9.17) is 21.1 Å². The van der Waals surface area contributed by atoms with Gasteiger partial charge in [-0.15, -0.1) is 0 Å². The Kier molecular flexibility index (Phi) is 7.68. The summed E-state index contributed by atoms with van der Waals surface area (Å²) < 4.78 is 24.6. The summed E-state index contributed by atoms with van der Waals surface area (Å²) in [6, 6.07) is 12.4. The fraction of sp³-hybridized carbons (Fsp3) is 0.115. The van der Waals surface area contributed by atoms with Crippen LogP contribution in [0.4, 0.5) is 20.6 Å². The lowest BCUT2D eigenvalue weighted by Gasteiger charge is -2.26. The second-order valence-electron chi connectivity index (χ2n) is 7.91. The summed E-state index contributed by atoms with van der Waals surface area (Å²) in [5, 5.41) is 13.1. The van der Waals surface area contributed by atoms with Crippen LogP contribution in [0.1, 0.15) is 18.1 Å². The molecule has 1 heterocycles. The maximum absolute atomic E-state index is 13.2. The molecule has 1 aliphatic rings. The monoisotopic (exact) mass is 539 g/mol. The highest BCUT2D eigenvalue weighted by Crippen LogP contribution is 2.38. The maximum Gasteiger partial charge on any atom is 0.335 e. The topological polar surface area (TPSA) is 128 Å². The molecular weight excluding hydrogens is 521 g/mol. The van der Waals surface area contributed by atoms with Crippen LogP contribution in [-0.2, 0) is 16.2 Å². The van der Waals surface area contributed by atoms with Crippen LogP contribution >= 0.6 is 11.6 Å². The van der Waals surface area contributed by atoms with Crippen LogP contribution in [0.3, 0.4) is 0 Å². The SMILES string of the molecule is CCOc1cc(/C=C2\C(=O)NC(=O)N(c3ccc([N+](=O)[O-])cc3)C2=O)cc(Cl)c1OCc1ccc(F)cc1. The number of hydrogen-bond donors (Lipinski definition) is 1. The smallest absolute Gasteiger partial charge is 0.335 e. The number of hydrogen-bond acceptors (Lipinski definition) is 7. The standard InChI is InChI=1S/C26H19ClFN3O7/c1-2-37-22-13-16(12-21(27)23(22)38-14-15-3-5-17(28)6-4-15)11-20-24(32)29-26(34)30(25(20)33)18-7-9-19(10-8-18)31(35)36/h3-13H,2,14H2,1H3,(H,29,32,34)/b20-11+. The molecule has 0 aromatic heterocycles. The van der Waals surface area contributed by atoms with E-state index >= 15 is 0 Å². The zero-order valence-corrected chi connectivity index (χ0v) is 20.5. The van der Waals surface area contributed by atoms with Crippen molar-refractivity contribution in [3.8, 4) is 11.5 Å². The molecule has 0 aliphatic carbocycles. The van der Waals surface area contributed by atoms with E-state index in [9.17, 15) is 28.9 Å². The average Bonchev–Trinajstić information content (AvgIpc) is 2.87. The first-order valence-corrected chi connectivity index (χ1v) is 11.5. The fourth-order valence-corrected chi connectivity index (χ4v) is 3.87. The molecule has 1 N–H and O–H groups in total. The Labute approximate surface area is 220 Å². The molecule has 0 radical (unpaired) electrons. The van der Waals surface area contributed by atoms with E-state index in [0.29, 0.717) is 16.0 Å². The Morgan fingerprint density at radius 2 is 1.74 bits per heavy atom. The number of ether oxygens (including phenoxy) is 2. The van der Waals surface area contributed by atoms with E-state index in [0.717, 1.165) is 12.1 Å². The van der Waals surface area contributed by atoms with Gasteiger partial charge in [-0.3, -0.25) is 25.0 Å². The van der Waals surface area contributed by atoms with E-state index in [1.165, 1.54) is 42.5 Å². The highest BCUT2D eigenvalue weighted by Gasteiger charge is 2.37. The largest absolute Gasteiger partial charge is 0.490 e. The number of urea groups is 1. The van der Waals surface area contributed by atoms with Crippen LogP contribution in [0.5, 0.6) is 11.5 Å². The van der Waals surface area contributed by atoms with Gasteiger partial charge in [0, 0.05) is 12.1 Å². The molecule has 0 bridgehead atoms. The van der Waals surface area contributed by atoms with Crippen LogP contribution in [-0.4, -0.2) is 29.4 Å². The molecule has 10 nitrogen and oxygen atoms in total. The molecule has 0 saturated carbocycles. The van der Waals surface area contributed by atoms with Gasteiger partial charge in [0.05, 0.1) is 22.2 Å². The van der Waals surface area contributed by atoms with Crippen molar-refractivity contribution in [3.63, 3.8) is 0 Å². The Hall–Kier alpha value is -4.77. The Morgan fingerprint density at radius 3 is 2.37 bits per heavy atom. The summed E-state index contributed by atoms with van der Waals surface area (Å²) >= 11 is 6.44. The number of nitro groups is 1. The minimum atomic E-state index is -0.997. The van der Waals surface area contributed by atoms with Crippen LogP contribution in [0.25, 0.3) is 6.08 Å². The molecule has 4 amide bonds. The van der Waals surface area contributed by atoms with E-state index in [-0.39, 0.29) is 52.5 Å². The third-order valence-electron chi connectivity index (χ3n) is 5.36. The molecule has 1 fully saturated rings. The normalized spacial score (nSPS) is 14.4. The molecule has 12 heteroatoms. The summed E-state index contributed by atoms with van der Waals surface area (Å²) in [6.45, 7) is 2.08. The predicted molar refractivity (Wildman–Crippen MR) is 135 cm³/mol. The average molecular weight is 540 g/mol. The Balaban J connectivity index is 1.64. The van der Waals surface area contributed by atoms with Gasteiger partial charge in [-0.2, -0.15) is 0 Å². The molecule has 0 spiro atoms. The van der Waals surface area contributed by atoms with Crippen molar-refractivity contribution in [1.82, 2.24) is 5.32 Å². The summed E-state index contributed by atoms with van der Waals surface area (Å²) in [6.07, 6.45) is 1.24. The summed E-state index contributed by atoms with van der Waals surface area (Å²) in [4.78, 5) is 49.1. The first-order chi connectivity index (χ1) is 18.2. The lowest BCUT2D eigenvalue weighted by atomic mass is 10.1. The van der Waals surface area contributed by atoms with Crippen molar-refractivity contribution in [1.29, 1.82) is 0 Å². The Bertz CT molecular complexity index is 1460. The van der Waals surface area contributed by atoms with Crippen molar-refractivity contribution >= 4 is 46.9 Å². The number of nitro benzene ring substituents is 1. The quantitative estimate of drug-likeness (QED) is 0.184. The van der Waals surface area contributed by atoms with Crippen molar-refractivity contribution in [2.75, 3.05) is 11.5 Å². The number of carbonyl (C=O) groups is 3. The number of rotatable bonds is 8. The second kappa shape index (κ2) is 11.1. The molecule has 0 unspecified atom stereocenters. The van der Waals surface area contributed by atoms with Crippen LogP contribution < -0.4 is 19.7 Å². The second-order valence-corrected chi connectivity index (χ2v) is 8.32. The van der Waals surface area contributed by atoms with Gasteiger partial charge >= 0.3 is 6.03 Å². The number of nitrogens with one attached hydrogen (secondary N) is 1. The third kappa shape index (κ3) is 5.62. The molecule has 1 saturated heterocycles. The van der Waals surface area contributed by atoms with Gasteiger partial charge in [-0.1, -0.05) is 23.7 Å². The van der Waals surface area contributed by atoms with E-state index in [1.807, 2.05) is 0 Å². The van der Waals surface area contributed by atoms with E-state index < -0.39 is 22.8 Å². The van der Waals surface area contributed by atoms with Gasteiger partial charge in [-0.05, 0) is 60.5 Å². The number of carbonyl (C=O) groups excluding carboxylic acids is 3. The number of non-ortho nitro benzene ring substituents is 1.